The first-order valence-electron chi connectivity index (χ1n) is 11.6. The molecular formula is C19H29N5O9P2. The summed E-state index contributed by atoms with van der Waals surface area (Å²) in [5.74, 6) is 0.141. The lowest BCUT2D eigenvalue weighted by Crippen LogP contribution is -2.33. The number of hydrogen-bond acceptors (Lipinski definition) is 10. The molecule has 0 radical (unpaired) electrons. The van der Waals surface area contributed by atoms with Gasteiger partial charge < -0.3 is 39.5 Å². The zero-order chi connectivity index (χ0) is 25.0. The fourth-order valence-electron chi connectivity index (χ4n) is 4.58. The predicted molar refractivity (Wildman–Crippen MR) is 121 cm³/mol. The van der Waals surface area contributed by atoms with Crippen molar-refractivity contribution in [1.82, 2.24) is 19.6 Å². The normalized spacial score (nSPS) is 29.6. The van der Waals surface area contributed by atoms with Gasteiger partial charge in [0.25, 0.3) is 0 Å². The van der Waals surface area contributed by atoms with E-state index in [1.165, 1.54) is 6.20 Å². The summed E-state index contributed by atoms with van der Waals surface area (Å²) >= 11 is 0. The first-order chi connectivity index (χ1) is 16.5. The maximum atomic E-state index is 11.9. The third kappa shape index (κ3) is 5.61. The van der Waals surface area contributed by atoms with E-state index in [1.807, 2.05) is 0 Å². The van der Waals surface area contributed by atoms with Crippen LogP contribution in [0, 0.1) is 0 Å². The van der Waals surface area contributed by atoms with Crippen LogP contribution in [0.25, 0.3) is 5.65 Å². The van der Waals surface area contributed by atoms with Crippen molar-refractivity contribution in [2.24, 2.45) is 0 Å². The summed E-state index contributed by atoms with van der Waals surface area (Å²) in [6.07, 6.45) is 2.61. The molecule has 194 valence electrons. The number of rotatable bonds is 9. The summed E-state index contributed by atoms with van der Waals surface area (Å²) in [7, 11) is -9.45. The molecule has 1 aliphatic heterocycles. The molecule has 14 nitrogen and oxygen atoms in total. The first-order valence-corrected chi connectivity index (χ1v) is 15.1. The Labute approximate surface area is 200 Å². The molecule has 0 spiro atoms. The number of aliphatic hydroxyl groups is 2. The van der Waals surface area contributed by atoms with Crippen LogP contribution >= 0.6 is 15.2 Å². The molecule has 6 N–H and O–H groups in total. The molecule has 0 amide bonds. The maximum absolute atomic E-state index is 11.9. The second-order valence-corrected chi connectivity index (χ2v) is 13.4. The van der Waals surface area contributed by atoms with Crippen LogP contribution in [-0.2, 0) is 18.4 Å². The summed E-state index contributed by atoms with van der Waals surface area (Å²) in [4.78, 5) is 36.7. The fourth-order valence-corrected chi connectivity index (χ4v) is 7.15. The highest BCUT2D eigenvalue weighted by Gasteiger charge is 2.46. The van der Waals surface area contributed by atoms with Crippen LogP contribution in [0.5, 0.6) is 0 Å². The molecule has 3 heterocycles. The van der Waals surface area contributed by atoms with E-state index in [9.17, 15) is 24.2 Å². The van der Waals surface area contributed by atoms with E-state index in [0.29, 0.717) is 29.0 Å². The van der Waals surface area contributed by atoms with Gasteiger partial charge in [-0.05, 0) is 25.7 Å². The van der Waals surface area contributed by atoms with Crippen molar-refractivity contribution in [3.63, 3.8) is 0 Å². The van der Waals surface area contributed by atoms with E-state index in [2.05, 4.69) is 15.4 Å². The van der Waals surface area contributed by atoms with E-state index in [1.54, 1.807) is 4.52 Å². The Hall–Kier alpha value is -1.47. The molecule has 1 unspecified atom stereocenters. The third-order valence-corrected chi connectivity index (χ3v) is 9.96. The molecule has 2 saturated carbocycles. The maximum Gasteiger partial charge on any atom is 0.340 e. The molecule has 2 aromatic rings. The van der Waals surface area contributed by atoms with Crippen molar-refractivity contribution >= 4 is 26.7 Å². The number of fused-ring (bicyclic) bond motifs is 1. The smallest absolute Gasteiger partial charge is 0.340 e. The van der Waals surface area contributed by atoms with Gasteiger partial charge in [-0.2, -0.15) is 5.10 Å². The fraction of sp³-hybridized carbons (Fsp3) is 0.737. The van der Waals surface area contributed by atoms with Crippen molar-refractivity contribution < 1.29 is 43.3 Å². The number of hydrogen-bond donors (Lipinski definition) is 6. The number of nitrogens with one attached hydrogen (secondary N) is 1. The molecule has 3 aliphatic rings. The van der Waals surface area contributed by atoms with Crippen molar-refractivity contribution in [3.05, 3.63) is 17.7 Å². The molecule has 3 fully saturated rings. The van der Waals surface area contributed by atoms with Crippen molar-refractivity contribution in [2.45, 2.75) is 74.9 Å². The molecule has 5 atom stereocenters. The number of anilines is 1. The molecule has 35 heavy (non-hydrogen) atoms. The number of imidazole rings is 1. The summed E-state index contributed by atoms with van der Waals surface area (Å²) in [6.45, 7) is -0.657. The highest BCUT2D eigenvalue weighted by molar-refractivity contribution is 7.70. The Kier molecular flexibility index (Phi) is 6.79. The van der Waals surface area contributed by atoms with Crippen molar-refractivity contribution in [1.29, 1.82) is 0 Å². The minimum Gasteiger partial charge on any atom is -0.387 e. The van der Waals surface area contributed by atoms with Crippen LogP contribution in [0.15, 0.2) is 6.20 Å². The number of nitrogens with zero attached hydrogens (tertiary/aromatic N) is 4. The van der Waals surface area contributed by atoms with Crippen LogP contribution in [0.2, 0.25) is 0 Å². The Morgan fingerprint density at radius 3 is 2.49 bits per heavy atom. The summed E-state index contributed by atoms with van der Waals surface area (Å²) < 4.78 is 35.1. The van der Waals surface area contributed by atoms with E-state index >= 15 is 0 Å². The second kappa shape index (κ2) is 9.44. The van der Waals surface area contributed by atoms with E-state index < -0.39 is 52.1 Å². The topological polar surface area (TPSA) is 209 Å². The molecule has 16 heteroatoms. The lowest BCUT2D eigenvalue weighted by molar-refractivity contribution is -0.0204. The summed E-state index contributed by atoms with van der Waals surface area (Å²) in [6, 6.07) is 0.292. The molecule has 1 saturated heterocycles. The number of aliphatic hydroxyl groups excluding tert-OH is 2. The molecule has 2 aromatic heterocycles. The van der Waals surface area contributed by atoms with Gasteiger partial charge in [0.1, 0.15) is 24.4 Å². The van der Waals surface area contributed by atoms with Gasteiger partial charge in [0, 0.05) is 12.0 Å². The minimum absolute atomic E-state index is 0.243. The van der Waals surface area contributed by atoms with Gasteiger partial charge in [0.15, 0.2) is 23.2 Å². The largest absolute Gasteiger partial charge is 0.387 e. The van der Waals surface area contributed by atoms with E-state index in [0.717, 1.165) is 38.5 Å². The average Bonchev–Trinajstić information content (AvgIpc) is 3.21. The Balaban J connectivity index is 1.38. The third-order valence-electron chi connectivity index (χ3n) is 6.50. The highest BCUT2D eigenvalue weighted by Crippen LogP contribution is 2.55. The van der Waals surface area contributed by atoms with Crippen LogP contribution in [0.4, 0.5) is 5.82 Å². The van der Waals surface area contributed by atoms with Gasteiger partial charge in [0.05, 0.1) is 18.5 Å². The zero-order valence-electron chi connectivity index (χ0n) is 18.8. The van der Waals surface area contributed by atoms with Crippen molar-refractivity contribution in [3.8, 4) is 0 Å². The number of aromatic nitrogens is 4. The standard InChI is InChI=1S/C19H29N5O9P2/c25-14-13(8-32-35(30,31)9-34(27,28)29)33-16(15(14)26)12-7-20-19-18(21-11-3-1-2-4-11)22-17(10-5-6-10)23-24(12)19/h7,10-11,13-16,25-26H,1-6,8-9H2,(H,30,31)(H,21,22,23)(H2,27,28,29)/t13-,14-,15-,16+/m1/s1. The average molecular weight is 533 g/mol. The second-order valence-electron chi connectivity index (χ2n) is 9.45. The Morgan fingerprint density at radius 1 is 1.11 bits per heavy atom. The summed E-state index contributed by atoms with van der Waals surface area (Å²) in [5.41, 5.74) is 0.831. The molecular weight excluding hydrogens is 504 g/mol. The highest BCUT2D eigenvalue weighted by atomic mass is 31.2. The van der Waals surface area contributed by atoms with Crippen LogP contribution in [0.3, 0.4) is 0 Å². The quantitative estimate of drug-likeness (QED) is 0.247. The monoisotopic (exact) mass is 533 g/mol. The lowest BCUT2D eigenvalue weighted by atomic mass is 10.1. The predicted octanol–water partition coefficient (Wildman–Crippen LogP) is 0.855. The van der Waals surface area contributed by atoms with E-state index in [-0.39, 0.29) is 5.92 Å². The molecule has 0 aromatic carbocycles. The number of ether oxygens (including phenoxy) is 1. The van der Waals surface area contributed by atoms with Gasteiger partial charge in [-0.15, -0.1) is 0 Å². The summed E-state index contributed by atoms with van der Waals surface area (Å²) in [5, 5.41) is 29.2. The van der Waals surface area contributed by atoms with Gasteiger partial charge in [-0.1, -0.05) is 12.8 Å². The van der Waals surface area contributed by atoms with Crippen LogP contribution < -0.4 is 5.32 Å². The Morgan fingerprint density at radius 2 is 1.83 bits per heavy atom. The lowest BCUT2D eigenvalue weighted by Gasteiger charge is -2.18. The van der Waals surface area contributed by atoms with Crippen molar-refractivity contribution in [2.75, 3.05) is 17.8 Å². The Bertz CT molecular complexity index is 1180. The first kappa shape index (κ1) is 25.2. The van der Waals surface area contributed by atoms with Gasteiger partial charge in [-0.25, -0.2) is 14.5 Å². The zero-order valence-corrected chi connectivity index (χ0v) is 20.5. The molecule has 5 rings (SSSR count). The van der Waals surface area contributed by atoms with Gasteiger partial charge in [-0.3, -0.25) is 9.13 Å². The van der Waals surface area contributed by atoms with Gasteiger partial charge >= 0.3 is 15.2 Å². The van der Waals surface area contributed by atoms with E-state index in [4.69, 9.17) is 24.0 Å². The SMILES string of the molecule is O=P(O)(O)CP(=O)(O)OC[C@H]1O[C@@H](c2cnc3c(NC4CCCC4)nc(C4CC4)nn23)[C@H](O)[C@@H]1O. The molecule has 0 bridgehead atoms. The van der Waals surface area contributed by atoms with Gasteiger partial charge in [0.2, 0.25) is 0 Å². The molecule has 2 aliphatic carbocycles. The van der Waals surface area contributed by atoms with Crippen LogP contribution in [-0.4, -0.2) is 81.3 Å². The van der Waals surface area contributed by atoms with Crippen LogP contribution in [0.1, 0.15) is 62.1 Å². The minimum atomic E-state index is -4.80.